The zero-order chi connectivity index (χ0) is 19.3. The molecule has 2 heterocycles. The van der Waals surface area contributed by atoms with Crippen molar-refractivity contribution >= 4 is 22.4 Å². The Labute approximate surface area is 164 Å². The highest BCUT2D eigenvalue weighted by Gasteiger charge is 2.16. The van der Waals surface area contributed by atoms with Crippen LogP contribution in [0.5, 0.6) is 5.88 Å². The van der Waals surface area contributed by atoms with Gasteiger partial charge in [-0.05, 0) is 29.1 Å². The largest absolute Gasteiger partial charge is 0.481 e. The molecule has 0 unspecified atom stereocenters. The maximum Gasteiger partial charge on any atom is 0.270 e. The average molecular weight is 377 g/mol. The van der Waals surface area contributed by atoms with Gasteiger partial charge >= 0.3 is 0 Å². The van der Waals surface area contributed by atoms with E-state index in [9.17, 15) is 4.79 Å². The molecule has 1 aromatic heterocycles. The monoisotopic (exact) mass is 377 g/mol. The minimum absolute atomic E-state index is 0.221. The highest BCUT2D eigenvalue weighted by atomic mass is 16.5. The molecule has 1 aliphatic rings. The molecular weight excluding hydrogens is 354 g/mol. The maximum absolute atomic E-state index is 12.8. The fraction of sp³-hybridized carbons (Fsp3) is 0.273. The van der Waals surface area contributed by atoms with Crippen molar-refractivity contribution < 1.29 is 14.3 Å². The number of methoxy groups -OCH3 is 1. The molecule has 3 aromatic rings. The molecule has 4 rings (SSSR count). The third-order valence-electron chi connectivity index (χ3n) is 4.91. The van der Waals surface area contributed by atoms with Gasteiger partial charge in [0.05, 0.1) is 20.3 Å². The van der Waals surface area contributed by atoms with Crippen molar-refractivity contribution in [1.29, 1.82) is 0 Å². The molecule has 0 spiro atoms. The number of fused-ring (bicyclic) bond motifs is 1. The summed E-state index contributed by atoms with van der Waals surface area (Å²) in [5, 5.41) is 4.81. The highest BCUT2D eigenvalue weighted by Crippen LogP contribution is 2.25. The van der Waals surface area contributed by atoms with Gasteiger partial charge in [0, 0.05) is 30.7 Å². The first-order valence-electron chi connectivity index (χ1n) is 9.39. The fourth-order valence-electron chi connectivity index (χ4n) is 3.48. The van der Waals surface area contributed by atoms with Gasteiger partial charge in [0.2, 0.25) is 5.88 Å². The van der Waals surface area contributed by atoms with E-state index in [-0.39, 0.29) is 5.91 Å². The third-order valence-corrected chi connectivity index (χ3v) is 4.91. The Kier molecular flexibility index (Phi) is 5.39. The first-order chi connectivity index (χ1) is 13.8. The third kappa shape index (κ3) is 3.77. The molecule has 0 saturated carbocycles. The molecule has 1 N–H and O–H groups in total. The van der Waals surface area contributed by atoms with Gasteiger partial charge in [-0.25, -0.2) is 4.98 Å². The molecule has 144 valence electrons. The molecule has 0 aliphatic carbocycles. The standard InChI is InChI=1S/C22H23N3O3/c1-27-22-18-8-4-2-6-16(18)14-19(24-22)21(26)23-15-17-7-3-5-9-20(17)25-10-12-28-13-11-25/h2-9,14H,10-13,15H2,1H3,(H,23,26). The van der Waals surface area contributed by atoms with E-state index in [1.54, 1.807) is 13.2 Å². The topological polar surface area (TPSA) is 63.7 Å². The van der Waals surface area contributed by atoms with E-state index < -0.39 is 0 Å². The molecule has 0 radical (unpaired) electrons. The minimum atomic E-state index is -0.221. The number of rotatable bonds is 5. The number of para-hydroxylation sites is 1. The number of morpholine rings is 1. The van der Waals surface area contributed by atoms with Crippen LogP contribution in [0.3, 0.4) is 0 Å². The van der Waals surface area contributed by atoms with Gasteiger partial charge in [0.1, 0.15) is 5.69 Å². The van der Waals surface area contributed by atoms with Crippen molar-refractivity contribution in [3.05, 3.63) is 65.9 Å². The number of carbonyl (C=O) groups excluding carboxylic acids is 1. The van der Waals surface area contributed by atoms with Crippen LogP contribution in [0.15, 0.2) is 54.6 Å². The molecule has 28 heavy (non-hydrogen) atoms. The highest BCUT2D eigenvalue weighted by molar-refractivity contribution is 5.98. The lowest BCUT2D eigenvalue weighted by Crippen LogP contribution is -2.37. The molecule has 2 aromatic carbocycles. The predicted molar refractivity (Wildman–Crippen MR) is 109 cm³/mol. The van der Waals surface area contributed by atoms with Crippen molar-refractivity contribution in [2.75, 3.05) is 38.3 Å². The van der Waals surface area contributed by atoms with Gasteiger partial charge in [-0.15, -0.1) is 0 Å². The summed E-state index contributed by atoms with van der Waals surface area (Å²) in [7, 11) is 1.56. The van der Waals surface area contributed by atoms with E-state index in [0.29, 0.717) is 18.1 Å². The van der Waals surface area contributed by atoms with Gasteiger partial charge in [-0.1, -0.05) is 36.4 Å². The number of aromatic nitrogens is 1. The van der Waals surface area contributed by atoms with Crippen molar-refractivity contribution in [3.8, 4) is 5.88 Å². The predicted octanol–water partition coefficient (Wildman–Crippen LogP) is 3.01. The summed E-state index contributed by atoms with van der Waals surface area (Å²) in [5.41, 5.74) is 2.56. The van der Waals surface area contributed by atoms with Gasteiger partial charge in [0.15, 0.2) is 0 Å². The van der Waals surface area contributed by atoms with Gasteiger partial charge in [0.25, 0.3) is 5.91 Å². The summed E-state index contributed by atoms with van der Waals surface area (Å²) >= 11 is 0. The van der Waals surface area contributed by atoms with Crippen LogP contribution in [0.2, 0.25) is 0 Å². The lowest BCUT2D eigenvalue weighted by Gasteiger charge is -2.30. The van der Waals surface area contributed by atoms with Gasteiger partial charge in [-0.3, -0.25) is 4.79 Å². The Hall–Kier alpha value is -3.12. The van der Waals surface area contributed by atoms with Crippen LogP contribution in [0.1, 0.15) is 16.1 Å². The summed E-state index contributed by atoms with van der Waals surface area (Å²) in [4.78, 5) is 19.4. The molecule has 6 nitrogen and oxygen atoms in total. The first kappa shape index (κ1) is 18.3. The number of nitrogens with zero attached hydrogens (tertiary/aromatic N) is 2. The molecule has 1 amide bonds. The smallest absolute Gasteiger partial charge is 0.270 e. The Morgan fingerprint density at radius 3 is 2.71 bits per heavy atom. The average Bonchev–Trinajstić information content (AvgIpc) is 2.77. The number of pyridine rings is 1. The Morgan fingerprint density at radius 2 is 1.89 bits per heavy atom. The number of carbonyl (C=O) groups is 1. The Bertz CT molecular complexity index is 984. The molecule has 6 heteroatoms. The number of hydrogen-bond donors (Lipinski definition) is 1. The second-order valence-corrected chi connectivity index (χ2v) is 6.65. The van der Waals surface area contributed by atoms with Crippen molar-refractivity contribution in [1.82, 2.24) is 10.3 Å². The summed E-state index contributed by atoms with van der Waals surface area (Å²) < 4.78 is 10.8. The van der Waals surface area contributed by atoms with Gasteiger partial charge in [-0.2, -0.15) is 0 Å². The minimum Gasteiger partial charge on any atom is -0.481 e. The number of amides is 1. The number of hydrogen-bond acceptors (Lipinski definition) is 5. The molecule has 1 fully saturated rings. The van der Waals surface area contributed by atoms with Crippen LogP contribution in [-0.2, 0) is 11.3 Å². The maximum atomic E-state index is 12.8. The van der Waals surface area contributed by atoms with Crippen LogP contribution >= 0.6 is 0 Å². The fourth-order valence-corrected chi connectivity index (χ4v) is 3.48. The lowest BCUT2D eigenvalue weighted by atomic mass is 10.1. The number of anilines is 1. The molecule has 0 bridgehead atoms. The number of nitrogens with one attached hydrogen (secondary N) is 1. The zero-order valence-corrected chi connectivity index (χ0v) is 15.9. The van der Waals surface area contributed by atoms with Crippen LogP contribution in [0.4, 0.5) is 5.69 Å². The second kappa shape index (κ2) is 8.27. The van der Waals surface area contributed by atoms with Crippen molar-refractivity contribution in [2.45, 2.75) is 6.54 Å². The molecular formula is C22H23N3O3. The Morgan fingerprint density at radius 1 is 1.14 bits per heavy atom. The Balaban J connectivity index is 1.53. The van der Waals surface area contributed by atoms with E-state index in [4.69, 9.17) is 9.47 Å². The van der Waals surface area contributed by atoms with Crippen molar-refractivity contribution in [2.24, 2.45) is 0 Å². The van der Waals surface area contributed by atoms with Crippen LogP contribution in [-0.4, -0.2) is 44.3 Å². The normalized spacial score (nSPS) is 14.1. The number of benzene rings is 2. The lowest BCUT2D eigenvalue weighted by molar-refractivity contribution is 0.0945. The number of ether oxygens (including phenoxy) is 2. The van der Waals surface area contributed by atoms with E-state index in [1.165, 1.54) is 0 Å². The summed E-state index contributed by atoms with van der Waals surface area (Å²) in [6, 6.07) is 17.7. The van der Waals surface area contributed by atoms with Crippen LogP contribution in [0.25, 0.3) is 10.8 Å². The quantitative estimate of drug-likeness (QED) is 0.741. The molecule has 1 saturated heterocycles. The van der Waals surface area contributed by atoms with Crippen LogP contribution in [0, 0.1) is 0 Å². The first-order valence-corrected chi connectivity index (χ1v) is 9.39. The molecule has 0 atom stereocenters. The van der Waals surface area contributed by atoms with Crippen LogP contribution < -0.4 is 15.0 Å². The van der Waals surface area contributed by atoms with Crippen molar-refractivity contribution in [3.63, 3.8) is 0 Å². The SMILES string of the molecule is COc1nc(C(=O)NCc2ccccc2N2CCOCC2)cc2ccccc12. The zero-order valence-electron chi connectivity index (χ0n) is 15.9. The molecule has 1 aliphatic heterocycles. The summed E-state index contributed by atoms with van der Waals surface area (Å²) in [6.07, 6.45) is 0. The van der Waals surface area contributed by atoms with E-state index in [1.807, 2.05) is 42.5 Å². The van der Waals surface area contributed by atoms with E-state index in [0.717, 1.165) is 48.3 Å². The van der Waals surface area contributed by atoms with Gasteiger partial charge < -0.3 is 19.7 Å². The second-order valence-electron chi connectivity index (χ2n) is 6.65. The van der Waals surface area contributed by atoms with E-state index in [2.05, 4.69) is 21.3 Å². The van der Waals surface area contributed by atoms with E-state index >= 15 is 0 Å². The summed E-state index contributed by atoms with van der Waals surface area (Å²) in [6.45, 7) is 3.59. The summed E-state index contributed by atoms with van der Waals surface area (Å²) in [5.74, 6) is 0.234.